The van der Waals surface area contributed by atoms with E-state index in [4.69, 9.17) is 14.2 Å². The minimum Gasteiger partial charge on any atom is -0.870 e. The molecule has 0 aliphatic carbocycles. The molecule has 0 saturated heterocycles. The second-order valence-corrected chi connectivity index (χ2v) is 12.4. The van der Waals surface area contributed by atoms with Crippen molar-refractivity contribution in [3.05, 3.63) is 166 Å². The summed E-state index contributed by atoms with van der Waals surface area (Å²) in [6, 6.07) is 36.6. The van der Waals surface area contributed by atoms with Crippen molar-refractivity contribution >= 4 is 24.1 Å². The molecule has 0 fully saturated rings. The molecule has 0 saturated carbocycles. The quantitative estimate of drug-likeness (QED) is 0.0870. The van der Waals surface area contributed by atoms with Gasteiger partial charge < -0.3 is 35.4 Å². The van der Waals surface area contributed by atoms with Crippen LogP contribution in [0.5, 0.6) is 0 Å². The number of esters is 1. The first kappa shape index (κ1) is 45.7. The summed E-state index contributed by atoms with van der Waals surface area (Å²) in [5, 5.41) is 23.2. The number of nitrogens with zero attached hydrogens (tertiary/aromatic N) is 4. The summed E-state index contributed by atoms with van der Waals surface area (Å²) in [6.45, 7) is 6.69. The monoisotopic (exact) mass is 782 g/mol. The molecule has 6 aromatic rings. The summed E-state index contributed by atoms with van der Waals surface area (Å²) in [4.78, 5) is 47.1. The number of aromatic nitrogens is 4. The molecule has 0 bridgehead atoms. The zero-order chi connectivity index (χ0) is 39.9. The first-order valence-electron chi connectivity index (χ1n) is 17.7. The summed E-state index contributed by atoms with van der Waals surface area (Å²) < 4.78 is 18.4. The Morgan fingerprint density at radius 3 is 1.38 bits per heavy atom. The fraction of sp³-hybridized carbons (Fsp3) is 0.190. The van der Waals surface area contributed by atoms with Crippen molar-refractivity contribution in [1.29, 1.82) is 0 Å². The Balaban J connectivity index is 0.000000301. The topological polar surface area (TPSA) is 206 Å². The van der Waals surface area contributed by atoms with Crippen LogP contribution >= 0.6 is 0 Å². The normalized spacial score (nSPS) is 10.1. The van der Waals surface area contributed by atoms with E-state index in [1.807, 2.05) is 91.9 Å². The van der Waals surface area contributed by atoms with Crippen molar-refractivity contribution in [2.75, 3.05) is 6.61 Å². The van der Waals surface area contributed by atoms with Gasteiger partial charge in [-0.05, 0) is 79.4 Å². The summed E-state index contributed by atoms with van der Waals surface area (Å²) in [5.41, 5.74) is 6.79. The van der Waals surface area contributed by atoms with Crippen molar-refractivity contribution in [3.8, 4) is 11.4 Å². The Bertz CT molecular complexity index is 2230. The molecular weight excluding hydrogens is 739 g/mol. The van der Waals surface area contributed by atoms with Gasteiger partial charge >= 0.3 is 43.0 Å². The molecule has 16 heteroatoms. The maximum Gasteiger partial charge on any atom is 1.00 e. The number of rotatable bonds is 13. The molecule has 4 aromatic carbocycles. The van der Waals surface area contributed by atoms with Crippen LogP contribution in [0.25, 0.3) is 11.4 Å². The third-order valence-corrected chi connectivity index (χ3v) is 8.03. The van der Waals surface area contributed by atoms with Gasteiger partial charge in [-0.25, -0.2) is 28.5 Å². The van der Waals surface area contributed by atoms with Crippen LogP contribution in [-0.2, 0) is 40.5 Å². The van der Waals surface area contributed by atoms with Crippen LogP contribution in [0, 0.1) is 13.8 Å². The number of alkyl carbamates (subject to hydrolysis) is 2. The molecule has 15 nitrogen and oxygen atoms in total. The molecule has 6 rings (SSSR count). The Morgan fingerprint density at radius 2 is 0.983 bits per heavy atom. The summed E-state index contributed by atoms with van der Waals surface area (Å²) >= 11 is 0. The predicted molar refractivity (Wildman–Crippen MR) is 208 cm³/mol. The number of nitrogens with one attached hydrogen (secondary N) is 2. The summed E-state index contributed by atoms with van der Waals surface area (Å²) in [6.07, 6.45) is -0.982. The van der Waals surface area contributed by atoms with Gasteiger partial charge in [-0.1, -0.05) is 84.9 Å². The van der Waals surface area contributed by atoms with Gasteiger partial charge in [0.25, 0.3) is 0 Å². The Morgan fingerprint density at radius 1 is 0.586 bits per heavy atom. The van der Waals surface area contributed by atoms with Gasteiger partial charge in [0, 0.05) is 13.1 Å². The molecule has 4 N–H and O–H groups in total. The van der Waals surface area contributed by atoms with Gasteiger partial charge in [-0.2, -0.15) is 10.2 Å². The van der Waals surface area contributed by atoms with Crippen molar-refractivity contribution in [1.82, 2.24) is 30.2 Å². The van der Waals surface area contributed by atoms with Crippen LogP contribution in [0.4, 0.5) is 9.59 Å². The van der Waals surface area contributed by atoms with E-state index in [1.54, 1.807) is 48.9 Å². The van der Waals surface area contributed by atoms with E-state index in [2.05, 4.69) is 20.8 Å². The minimum atomic E-state index is -1.04. The molecule has 2 amide bonds. The maximum absolute atomic E-state index is 12.1. The molecule has 58 heavy (non-hydrogen) atoms. The molecule has 0 aliphatic heterocycles. The number of amides is 2. The van der Waals surface area contributed by atoms with Gasteiger partial charge in [0.1, 0.15) is 13.2 Å². The number of aryl methyl sites for hydroxylation is 2. The van der Waals surface area contributed by atoms with Gasteiger partial charge in [0.15, 0.2) is 11.4 Å². The molecule has 2 aromatic heterocycles. The third kappa shape index (κ3) is 13.5. The Hall–Kier alpha value is -6.66. The standard InChI is InChI=1S/C22H23N3O4.C20H19N3O4.Li.H2O/c1-3-28-21(26)20-13-16(2)24-25(20)19-11-9-17(10-12-19)14-23-22(27)29-15-18-7-5-4-6-8-18;1-14-11-18(19(24)25)23(22-14)17-9-7-15(8-10-17)12-21-20(26)27-13-16-5-3-2-4-6-16;;/h4-13H,3,14-15H2,1-2H3,(H,23,27);2-11H,12-13H2,1H3,(H,21,26)(H,24,25);;1H2/q;;+1;/p-1. The average molecular weight is 783 g/mol. The van der Waals surface area contributed by atoms with Crippen LogP contribution in [0.2, 0.25) is 0 Å². The molecule has 0 atom stereocenters. The van der Waals surface area contributed by atoms with Crippen LogP contribution in [0.15, 0.2) is 121 Å². The predicted octanol–water partition coefficient (Wildman–Crippen LogP) is 3.92. The molecule has 296 valence electrons. The zero-order valence-electron chi connectivity index (χ0n) is 32.6. The number of aromatic carboxylic acids is 1. The number of carbonyl (C=O) groups excluding carboxylic acids is 3. The second kappa shape index (κ2) is 22.8. The van der Waals surface area contributed by atoms with Crippen molar-refractivity contribution in [2.24, 2.45) is 0 Å². The number of benzene rings is 4. The molecule has 2 heterocycles. The number of ether oxygens (including phenoxy) is 3. The van der Waals surface area contributed by atoms with E-state index in [0.717, 1.165) is 33.6 Å². The zero-order valence-corrected chi connectivity index (χ0v) is 32.6. The van der Waals surface area contributed by atoms with E-state index < -0.39 is 24.1 Å². The van der Waals surface area contributed by atoms with E-state index in [1.165, 1.54) is 10.7 Å². The van der Waals surface area contributed by atoms with Gasteiger partial charge in [0.2, 0.25) is 0 Å². The van der Waals surface area contributed by atoms with E-state index in [9.17, 15) is 24.3 Å². The van der Waals surface area contributed by atoms with E-state index in [-0.39, 0.29) is 43.2 Å². The first-order valence-corrected chi connectivity index (χ1v) is 17.7. The maximum atomic E-state index is 12.1. The van der Waals surface area contributed by atoms with Crippen LogP contribution < -0.4 is 29.5 Å². The largest absolute Gasteiger partial charge is 1.00 e. The van der Waals surface area contributed by atoms with Crippen molar-refractivity contribution in [3.63, 3.8) is 0 Å². The van der Waals surface area contributed by atoms with Crippen LogP contribution in [-0.4, -0.2) is 60.9 Å². The van der Waals surface area contributed by atoms with E-state index >= 15 is 0 Å². The fourth-order valence-electron chi connectivity index (χ4n) is 5.30. The SMILES string of the molecule is CCOC(=O)c1cc(C)nn1-c1ccc(CNC(=O)OCc2ccccc2)cc1.Cc1cc(C(=O)O)n(-c2ccc(CNC(=O)OCc3ccccc3)cc2)n1.[Li+].[OH-]. The third-order valence-electron chi connectivity index (χ3n) is 8.03. The number of carboxylic acids is 1. The number of hydrogen-bond acceptors (Lipinski definition) is 10. The van der Waals surface area contributed by atoms with Crippen LogP contribution in [0.3, 0.4) is 0 Å². The fourth-order valence-corrected chi connectivity index (χ4v) is 5.30. The van der Waals surface area contributed by atoms with E-state index in [0.29, 0.717) is 36.8 Å². The smallest absolute Gasteiger partial charge is 0.870 e. The van der Waals surface area contributed by atoms with Gasteiger partial charge in [0.05, 0.1) is 29.4 Å². The molecule has 0 radical (unpaired) electrons. The Labute approximate surface area is 347 Å². The number of carbonyl (C=O) groups is 4. The van der Waals surface area contributed by atoms with Crippen molar-refractivity contribution < 1.29 is 62.8 Å². The second-order valence-electron chi connectivity index (χ2n) is 12.4. The average Bonchev–Trinajstić information content (AvgIpc) is 3.82. The van der Waals surface area contributed by atoms with Crippen LogP contribution in [0.1, 0.15) is 61.5 Å². The summed E-state index contributed by atoms with van der Waals surface area (Å²) in [7, 11) is 0. The number of hydrogen-bond donors (Lipinski definition) is 3. The van der Waals surface area contributed by atoms with Gasteiger partial charge in [-0.15, -0.1) is 0 Å². The molecular formula is C42H43LiN6O9. The molecule has 0 unspecified atom stereocenters. The molecule has 0 spiro atoms. The summed E-state index contributed by atoms with van der Waals surface area (Å²) in [5.74, 6) is -1.46. The first-order chi connectivity index (χ1) is 27.1. The Kier molecular flexibility index (Phi) is 18.0. The minimum absolute atomic E-state index is 0. The van der Waals surface area contributed by atoms with Crippen molar-refractivity contribution in [2.45, 2.75) is 47.1 Å². The molecule has 0 aliphatic rings. The van der Waals surface area contributed by atoms with Gasteiger partial charge in [-0.3, -0.25) is 0 Å². The number of carboxylic acid groups (broad SMARTS) is 1.